The molecule has 7 heteroatoms. The maximum absolute atomic E-state index is 12.5. The Bertz CT molecular complexity index is 719. The van der Waals surface area contributed by atoms with E-state index in [0.29, 0.717) is 32.4 Å². The highest BCUT2D eigenvalue weighted by molar-refractivity contribution is 7.92. The maximum Gasteiger partial charge on any atom is 0.214 e. The van der Waals surface area contributed by atoms with Gasteiger partial charge in [0.15, 0.2) is 9.84 Å². The van der Waals surface area contributed by atoms with Crippen molar-refractivity contribution in [2.45, 2.75) is 38.4 Å². The number of hydrogen-bond acceptors (Lipinski definition) is 4. The molecule has 0 radical (unpaired) electrons. The fraction of sp³-hybridized carbons (Fsp3) is 0.647. The fourth-order valence-corrected chi connectivity index (χ4v) is 6.74. The van der Waals surface area contributed by atoms with Gasteiger partial charge in [-0.1, -0.05) is 44.2 Å². The number of hydrogen-bond donors (Lipinski definition) is 0. The van der Waals surface area contributed by atoms with E-state index in [1.807, 2.05) is 44.2 Å². The van der Waals surface area contributed by atoms with E-state index in [9.17, 15) is 16.8 Å². The van der Waals surface area contributed by atoms with Gasteiger partial charge in [-0.2, -0.15) is 0 Å². The standard InChI is InChI=1S/C17H27NO4S2/c1-15(2)14-23(19,20)17-8-11-18(12-9-17)24(21,22)13-10-16-6-4-3-5-7-16/h3-7,15,17H,8-14H2,1-2H3. The molecule has 0 bridgehead atoms. The highest BCUT2D eigenvalue weighted by Crippen LogP contribution is 2.22. The van der Waals surface area contributed by atoms with Crippen molar-refractivity contribution >= 4 is 19.9 Å². The summed E-state index contributed by atoms with van der Waals surface area (Å²) in [4.78, 5) is 0. The number of sulfone groups is 1. The van der Waals surface area contributed by atoms with E-state index in [1.165, 1.54) is 4.31 Å². The summed E-state index contributed by atoms with van der Waals surface area (Å²) in [6.07, 6.45) is 1.29. The number of benzene rings is 1. The highest BCUT2D eigenvalue weighted by atomic mass is 32.2. The second-order valence-electron chi connectivity index (χ2n) is 6.87. The molecule has 0 spiro atoms. The predicted molar refractivity (Wildman–Crippen MR) is 97.2 cm³/mol. The van der Waals surface area contributed by atoms with Gasteiger partial charge in [-0.15, -0.1) is 0 Å². The second-order valence-corrected chi connectivity index (χ2v) is 11.3. The summed E-state index contributed by atoms with van der Waals surface area (Å²) in [7, 11) is -6.46. The van der Waals surface area contributed by atoms with Crippen LogP contribution in [0.5, 0.6) is 0 Å². The van der Waals surface area contributed by atoms with Gasteiger partial charge in [-0.25, -0.2) is 21.1 Å². The zero-order valence-electron chi connectivity index (χ0n) is 14.4. The fourth-order valence-electron chi connectivity index (χ4n) is 3.09. The molecule has 0 N–H and O–H groups in total. The van der Waals surface area contributed by atoms with Crippen LogP contribution in [0.3, 0.4) is 0 Å². The molecule has 0 saturated carbocycles. The molecule has 24 heavy (non-hydrogen) atoms. The molecule has 0 atom stereocenters. The summed E-state index contributed by atoms with van der Waals surface area (Å²) in [5.74, 6) is 0.349. The summed E-state index contributed by atoms with van der Waals surface area (Å²) >= 11 is 0. The molecule has 0 aliphatic carbocycles. The summed E-state index contributed by atoms with van der Waals surface area (Å²) in [6.45, 7) is 4.39. The maximum atomic E-state index is 12.5. The lowest BCUT2D eigenvalue weighted by molar-refractivity contribution is 0.345. The van der Waals surface area contributed by atoms with Crippen molar-refractivity contribution in [2.75, 3.05) is 24.6 Å². The van der Waals surface area contributed by atoms with Crippen LogP contribution < -0.4 is 0 Å². The highest BCUT2D eigenvalue weighted by Gasteiger charge is 2.34. The first kappa shape index (κ1) is 19.4. The average molecular weight is 374 g/mol. The third-order valence-corrected chi connectivity index (χ3v) is 8.85. The number of aryl methyl sites for hydroxylation is 1. The largest absolute Gasteiger partial charge is 0.229 e. The molecule has 1 heterocycles. The molecule has 136 valence electrons. The van der Waals surface area contributed by atoms with E-state index in [0.717, 1.165) is 5.56 Å². The minimum atomic E-state index is -3.33. The molecular weight excluding hydrogens is 346 g/mol. The summed E-state index contributed by atoms with van der Waals surface area (Å²) in [5.41, 5.74) is 0.996. The van der Waals surface area contributed by atoms with E-state index >= 15 is 0 Å². The van der Waals surface area contributed by atoms with Gasteiger partial charge in [-0.3, -0.25) is 0 Å². The van der Waals surface area contributed by atoms with Crippen LogP contribution in [0.1, 0.15) is 32.3 Å². The van der Waals surface area contributed by atoms with E-state index in [-0.39, 0.29) is 17.4 Å². The first-order valence-electron chi connectivity index (χ1n) is 8.44. The zero-order chi connectivity index (χ0) is 17.8. The molecule has 5 nitrogen and oxygen atoms in total. The minimum absolute atomic E-state index is 0.0699. The third kappa shape index (κ3) is 5.29. The molecule has 1 fully saturated rings. The van der Waals surface area contributed by atoms with Crippen LogP contribution in [0.2, 0.25) is 0 Å². The van der Waals surface area contributed by atoms with Crippen molar-refractivity contribution in [3.63, 3.8) is 0 Å². The van der Waals surface area contributed by atoms with E-state index in [2.05, 4.69) is 0 Å². The van der Waals surface area contributed by atoms with Gasteiger partial charge in [-0.05, 0) is 30.7 Å². The van der Waals surface area contributed by atoms with Crippen molar-refractivity contribution in [1.82, 2.24) is 4.31 Å². The number of rotatable bonds is 7. The monoisotopic (exact) mass is 373 g/mol. The first-order chi connectivity index (χ1) is 11.2. The quantitative estimate of drug-likeness (QED) is 0.734. The number of piperidine rings is 1. The normalized spacial score (nSPS) is 18.1. The lowest BCUT2D eigenvalue weighted by atomic mass is 10.2. The smallest absolute Gasteiger partial charge is 0.214 e. The molecule has 0 unspecified atom stereocenters. The molecule has 2 rings (SSSR count). The van der Waals surface area contributed by atoms with Crippen LogP contribution >= 0.6 is 0 Å². The van der Waals surface area contributed by atoms with Crippen LogP contribution in [0, 0.1) is 5.92 Å². The van der Waals surface area contributed by atoms with Crippen molar-refractivity contribution in [3.05, 3.63) is 35.9 Å². The van der Waals surface area contributed by atoms with Crippen molar-refractivity contribution < 1.29 is 16.8 Å². The van der Waals surface area contributed by atoms with Gasteiger partial charge in [0, 0.05) is 13.1 Å². The number of nitrogens with zero attached hydrogens (tertiary/aromatic N) is 1. The van der Waals surface area contributed by atoms with E-state index in [1.54, 1.807) is 0 Å². The number of sulfonamides is 1. The topological polar surface area (TPSA) is 71.5 Å². The first-order valence-corrected chi connectivity index (χ1v) is 11.8. The lowest BCUT2D eigenvalue weighted by Gasteiger charge is -2.31. The molecular formula is C17H27NO4S2. The molecule has 1 aliphatic rings. The molecule has 0 amide bonds. The van der Waals surface area contributed by atoms with Gasteiger partial charge in [0.05, 0.1) is 16.8 Å². The Morgan fingerprint density at radius 2 is 1.62 bits per heavy atom. The van der Waals surface area contributed by atoms with Crippen LogP contribution in [0.4, 0.5) is 0 Å². The van der Waals surface area contributed by atoms with Crippen molar-refractivity contribution in [2.24, 2.45) is 5.92 Å². The molecule has 1 aromatic carbocycles. The summed E-state index contributed by atoms with van der Waals surface area (Å²) in [5, 5.41) is -0.402. The van der Waals surface area contributed by atoms with Crippen molar-refractivity contribution in [1.29, 1.82) is 0 Å². The lowest BCUT2D eigenvalue weighted by Crippen LogP contribution is -2.44. The molecule has 1 saturated heterocycles. The molecule has 1 aliphatic heterocycles. The Kier molecular flexibility index (Phi) is 6.45. The van der Waals surface area contributed by atoms with Gasteiger partial charge in [0.25, 0.3) is 0 Å². The predicted octanol–water partition coefficient (Wildman–Crippen LogP) is 2.09. The average Bonchev–Trinajstić information content (AvgIpc) is 2.53. The second kappa shape index (κ2) is 7.97. The van der Waals surface area contributed by atoms with Crippen LogP contribution in [0.15, 0.2) is 30.3 Å². The zero-order valence-corrected chi connectivity index (χ0v) is 16.0. The third-order valence-electron chi connectivity index (χ3n) is 4.36. The van der Waals surface area contributed by atoms with Gasteiger partial charge >= 0.3 is 0 Å². The SMILES string of the molecule is CC(C)CS(=O)(=O)C1CCN(S(=O)(=O)CCc2ccccc2)CC1. The van der Waals surface area contributed by atoms with E-state index in [4.69, 9.17) is 0 Å². The Morgan fingerprint density at radius 1 is 1.04 bits per heavy atom. The van der Waals surface area contributed by atoms with Crippen LogP contribution in [-0.4, -0.2) is 51.0 Å². The Balaban J connectivity index is 1.91. The summed E-state index contributed by atoms with van der Waals surface area (Å²) < 4.78 is 51.0. The van der Waals surface area contributed by atoms with Gasteiger partial charge in [0.2, 0.25) is 10.0 Å². The van der Waals surface area contributed by atoms with Crippen molar-refractivity contribution in [3.8, 4) is 0 Å². The molecule has 1 aromatic rings. The Morgan fingerprint density at radius 3 is 2.17 bits per heavy atom. The van der Waals surface area contributed by atoms with Crippen LogP contribution in [-0.2, 0) is 26.3 Å². The summed E-state index contributed by atoms with van der Waals surface area (Å²) in [6, 6.07) is 9.53. The van der Waals surface area contributed by atoms with E-state index < -0.39 is 25.1 Å². The van der Waals surface area contributed by atoms with Crippen LogP contribution in [0.25, 0.3) is 0 Å². The van der Waals surface area contributed by atoms with Gasteiger partial charge < -0.3 is 0 Å². The Hall–Kier alpha value is -0.920. The molecule has 0 aromatic heterocycles. The Labute approximate surface area is 146 Å². The van der Waals surface area contributed by atoms with Gasteiger partial charge in [0.1, 0.15) is 0 Å². The minimum Gasteiger partial charge on any atom is -0.229 e.